The molecule has 8 heteroatoms. The molecule has 0 bridgehead atoms. The van der Waals surface area contributed by atoms with Crippen LogP contribution in [0.5, 0.6) is 0 Å². The summed E-state index contributed by atoms with van der Waals surface area (Å²) in [6.07, 6.45) is 1.10. The molecule has 0 atom stereocenters. The average Bonchev–Trinajstić information content (AvgIpc) is 2.64. The van der Waals surface area contributed by atoms with Crippen molar-refractivity contribution in [3.8, 4) is 0 Å². The van der Waals surface area contributed by atoms with Crippen molar-refractivity contribution in [2.45, 2.75) is 24.3 Å². The van der Waals surface area contributed by atoms with Gasteiger partial charge in [-0.15, -0.1) is 0 Å². The minimum atomic E-state index is -3.50. The molecular formula is C18H18Cl2N2O3S. The van der Waals surface area contributed by atoms with Gasteiger partial charge in [-0.05, 0) is 42.0 Å². The molecule has 26 heavy (non-hydrogen) atoms. The van der Waals surface area contributed by atoms with Crippen molar-refractivity contribution in [2.24, 2.45) is 5.16 Å². The van der Waals surface area contributed by atoms with Crippen molar-refractivity contribution in [2.75, 3.05) is 13.1 Å². The SMILES string of the molecule is O=S(=O)(c1ccc(Cl)cc1)N1CCC(=NOCc2ccc(Cl)cc2)CC1. The summed E-state index contributed by atoms with van der Waals surface area (Å²) in [6.45, 7) is 1.12. The van der Waals surface area contributed by atoms with E-state index in [2.05, 4.69) is 5.16 Å². The van der Waals surface area contributed by atoms with Crippen LogP contribution in [0.25, 0.3) is 0 Å². The summed E-state index contributed by atoms with van der Waals surface area (Å²) in [5, 5.41) is 5.33. The van der Waals surface area contributed by atoms with E-state index in [-0.39, 0.29) is 4.90 Å². The predicted molar refractivity (Wildman–Crippen MR) is 103 cm³/mol. The van der Waals surface area contributed by atoms with E-state index in [0.29, 0.717) is 42.6 Å². The highest BCUT2D eigenvalue weighted by molar-refractivity contribution is 7.89. The number of benzene rings is 2. The number of sulfonamides is 1. The number of oxime groups is 1. The van der Waals surface area contributed by atoms with Gasteiger partial charge in [-0.1, -0.05) is 40.5 Å². The Hall–Kier alpha value is -1.60. The molecule has 0 saturated carbocycles. The number of nitrogens with zero attached hydrogens (tertiary/aromatic N) is 2. The van der Waals surface area contributed by atoms with Crippen LogP contribution >= 0.6 is 23.2 Å². The van der Waals surface area contributed by atoms with Crippen molar-refractivity contribution < 1.29 is 13.3 Å². The van der Waals surface area contributed by atoms with Crippen LogP contribution in [-0.2, 0) is 21.5 Å². The zero-order valence-corrected chi connectivity index (χ0v) is 16.3. The Balaban J connectivity index is 1.55. The number of hydrogen-bond donors (Lipinski definition) is 0. The van der Waals surface area contributed by atoms with Crippen molar-refractivity contribution in [3.05, 3.63) is 64.1 Å². The van der Waals surface area contributed by atoms with E-state index in [1.54, 1.807) is 24.3 Å². The van der Waals surface area contributed by atoms with E-state index in [1.807, 2.05) is 12.1 Å². The second kappa shape index (κ2) is 8.39. The highest BCUT2D eigenvalue weighted by atomic mass is 35.5. The molecule has 1 heterocycles. The smallest absolute Gasteiger partial charge is 0.243 e. The first-order valence-electron chi connectivity index (χ1n) is 8.13. The molecule has 1 aliphatic heterocycles. The second-order valence-corrected chi connectivity index (χ2v) is 8.73. The lowest BCUT2D eigenvalue weighted by atomic mass is 10.1. The Bertz CT molecular complexity index is 872. The lowest BCUT2D eigenvalue weighted by Crippen LogP contribution is -2.38. The number of hydrogen-bond acceptors (Lipinski definition) is 4. The molecule has 0 N–H and O–H groups in total. The third kappa shape index (κ3) is 4.76. The Kier molecular flexibility index (Phi) is 6.19. The fraction of sp³-hybridized carbons (Fsp3) is 0.278. The summed E-state index contributed by atoms with van der Waals surface area (Å²) in [5.74, 6) is 0. The third-order valence-corrected chi connectivity index (χ3v) is 6.51. The summed E-state index contributed by atoms with van der Waals surface area (Å²) in [5.41, 5.74) is 1.84. The molecule has 3 rings (SSSR count). The first kappa shape index (κ1) is 19.2. The minimum absolute atomic E-state index is 0.251. The fourth-order valence-electron chi connectivity index (χ4n) is 2.61. The van der Waals surface area contributed by atoms with Crippen LogP contribution in [0.3, 0.4) is 0 Å². The largest absolute Gasteiger partial charge is 0.391 e. The van der Waals surface area contributed by atoms with Crippen LogP contribution in [0.1, 0.15) is 18.4 Å². The average molecular weight is 413 g/mol. The Morgan fingerprint density at radius 3 is 2.04 bits per heavy atom. The lowest BCUT2D eigenvalue weighted by molar-refractivity contribution is 0.128. The summed E-state index contributed by atoms with van der Waals surface area (Å²) >= 11 is 11.7. The van der Waals surface area contributed by atoms with Crippen molar-refractivity contribution in [1.82, 2.24) is 4.31 Å². The van der Waals surface area contributed by atoms with E-state index in [0.717, 1.165) is 11.3 Å². The Morgan fingerprint density at radius 2 is 1.46 bits per heavy atom. The van der Waals surface area contributed by atoms with Gasteiger partial charge < -0.3 is 4.84 Å². The fourth-order valence-corrected chi connectivity index (χ4v) is 4.30. The van der Waals surface area contributed by atoms with Gasteiger partial charge in [0.05, 0.1) is 10.6 Å². The van der Waals surface area contributed by atoms with Gasteiger partial charge in [0.2, 0.25) is 10.0 Å². The standard InChI is InChI=1S/C18H18Cl2N2O3S/c19-15-3-1-14(2-4-15)13-25-21-17-9-11-22(12-10-17)26(23,24)18-7-5-16(20)6-8-18/h1-8H,9-13H2. The monoisotopic (exact) mass is 412 g/mol. The normalized spacial score (nSPS) is 15.7. The first-order chi connectivity index (χ1) is 12.4. The topological polar surface area (TPSA) is 59.0 Å². The van der Waals surface area contributed by atoms with E-state index in [1.165, 1.54) is 16.4 Å². The maximum absolute atomic E-state index is 12.6. The van der Waals surface area contributed by atoms with Gasteiger partial charge in [0.15, 0.2) is 0 Å². The molecule has 0 spiro atoms. The van der Waals surface area contributed by atoms with Crippen LogP contribution in [-0.4, -0.2) is 31.5 Å². The maximum Gasteiger partial charge on any atom is 0.243 e. The number of rotatable bonds is 5. The quantitative estimate of drug-likeness (QED) is 0.685. The number of piperidine rings is 1. The molecule has 1 saturated heterocycles. The van der Waals surface area contributed by atoms with Crippen LogP contribution in [0.2, 0.25) is 10.0 Å². The zero-order valence-electron chi connectivity index (χ0n) is 13.9. The first-order valence-corrected chi connectivity index (χ1v) is 10.3. The zero-order chi connectivity index (χ0) is 18.6. The molecule has 0 amide bonds. The highest BCUT2D eigenvalue weighted by Gasteiger charge is 2.27. The van der Waals surface area contributed by atoms with Crippen molar-refractivity contribution in [3.63, 3.8) is 0 Å². The van der Waals surface area contributed by atoms with E-state index >= 15 is 0 Å². The van der Waals surface area contributed by atoms with E-state index in [9.17, 15) is 8.42 Å². The highest BCUT2D eigenvalue weighted by Crippen LogP contribution is 2.21. The molecule has 138 valence electrons. The molecule has 0 aliphatic carbocycles. The van der Waals surface area contributed by atoms with Crippen molar-refractivity contribution in [1.29, 1.82) is 0 Å². The van der Waals surface area contributed by atoms with Gasteiger partial charge in [0.25, 0.3) is 0 Å². The molecule has 0 aromatic heterocycles. The number of halogens is 2. The molecule has 1 aliphatic rings. The molecular weight excluding hydrogens is 395 g/mol. The minimum Gasteiger partial charge on any atom is -0.391 e. The van der Waals surface area contributed by atoms with Crippen LogP contribution in [0, 0.1) is 0 Å². The van der Waals surface area contributed by atoms with Gasteiger partial charge in [-0.25, -0.2) is 8.42 Å². The second-order valence-electron chi connectivity index (χ2n) is 5.92. The molecule has 0 unspecified atom stereocenters. The molecule has 2 aromatic carbocycles. The van der Waals surface area contributed by atoms with E-state index in [4.69, 9.17) is 28.0 Å². The lowest BCUT2D eigenvalue weighted by Gasteiger charge is -2.26. The summed E-state index contributed by atoms with van der Waals surface area (Å²) in [7, 11) is -3.50. The summed E-state index contributed by atoms with van der Waals surface area (Å²) in [6, 6.07) is 13.6. The predicted octanol–water partition coefficient (Wildman–Crippen LogP) is 4.35. The van der Waals surface area contributed by atoms with Crippen LogP contribution in [0.15, 0.2) is 58.6 Å². The van der Waals surface area contributed by atoms with Crippen LogP contribution < -0.4 is 0 Å². The molecule has 1 fully saturated rings. The molecule has 0 radical (unpaired) electrons. The maximum atomic E-state index is 12.6. The Morgan fingerprint density at radius 1 is 0.923 bits per heavy atom. The molecule has 5 nitrogen and oxygen atoms in total. The van der Waals surface area contributed by atoms with Gasteiger partial charge in [-0.2, -0.15) is 4.31 Å². The Labute approximate surface area is 163 Å². The van der Waals surface area contributed by atoms with Crippen molar-refractivity contribution >= 4 is 38.9 Å². The molecule has 2 aromatic rings. The van der Waals surface area contributed by atoms with Gasteiger partial charge >= 0.3 is 0 Å². The van der Waals surface area contributed by atoms with Gasteiger partial charge in [0, 0.05) is 36.0 Å². The van der Waals surface area contributed by atoms with E-state index < -0.39 is 10.0 Å². The van der Waals surface area contributed by atoms with Crippen LogP contribution in [0.4, 0.5) is 0 Å². The summed E-state index contributed by atoms with van der Waals surface area (Å²) < 4.78 is 26.7. The van der Waals surface area contributed by atoms with Gasteiger partial charge in [-0.3, -0.25) is 0 Å². The summed E-state index contributed by atoms with van der Waals surface area (Å²) in [4.78, 5) is 5.63. The third-order valence-electron chi connectivity index (χ3n) is 4.09. The van der Waals surface area contributed by atoms with Gasteiger partial charge in [0.1, 0.15) is 6.61 Å².